The molecule has 3 fully saturated rings. The summed E-state index contributed by atoms with van der Waals surface area (Å²) < 4.78 is 2.22. The van der Waals surface area contributed by atoms with Crippen LogP contribution in [-0.4, -0.2) is 39.9 Å². The fourth-order valence-electron chi connectivity index (χ4n) is 2.14. The largest absolute Gasteiger partial charge is 0.295 e. The molecule has 3 aliphatic rings. The first-order valence-corrected chi connectivity index (χ1v) is 5.11. The van der Waals surface area contributed by atoms with Crippen molar-refractivity contribution in [2.45, 2.75) is 44.8 Å². The van der Waals surface area contributed by atoms with Crippen molar-refractivity contribution in [2.75, 3.05) is 13.1 Å². The molecule has 0 radical (unpaired) electrons. The molecule has 2 bridgehead atoms. The lowest BCUT2D eigenvalue weighted by Crippen LogP contribution is -2.68. The summed E-state index contributed by atoms with van der Waals surface area (Å²) in [6.07, 6.45) is 1.36. The van der Waals surface area contributed by atoms with Gasteiger partial charge in [-0.3, -0.25) is 4.90 Å². The molecule has 3 saturated heterocycles. The first kappa shape index (κ1) is 8.85. The Hall–Kier alpha value is 0.270. The lowest BCUT2D eigenvalue weighted by molar-refractivity contribution is -0.0379. The second kappa shape index (κ2) is 2.63. The number of hydrogen-bond acceptors (Lipinski definition) is 3. The molecular weight excluding hydrogens is 168 g/mol. The summed E-state index contributed by atoms with van der Waals surface area (Å²) in [5, 5.41) is 0. The number of piperazine rings is 1. The standard InChI is InChI=1S/C9H18N2S/c1-9(2,3)10-5-7-4-8(6-10)11(7)12/h7-8,12H,4-6H2,1-3H3. The summed E-state index contributed by atoms with van der Waals surface area (Å²) in [6.45, 7) is 9.27. The van der Waals surface area contributed by atoms with Crippen LogP contribution in [0.1, 0.15) is 27.2 Å². The Morgan fingerprint density at radius 3 is 2.00 bits per heavy atom. The van der Waals surface area contributed by atoms with E-state index in [0.717, 1.165) is 0 Å². The lowest BCUT2D eigenvalue weighted by Gasteiger charge is -2.57. The molecule has 3 rings (SSSR count). The molecule has 3 heteroatoms. The molecule has 0 aromatic carbocycles. The summed E-state index contributed by atoms with van der Waals surface area (Å²) >= 11 is 4.45. The minimum absolute atomic E-state index is 0.339. The van der Waals surface area contributed by atoms with Crippen molar-refractivity contribution < 1.29 is 0 Å². The highest BCUT2D eigenvalue weighted by molar-refractivity contribution is 7.77. The second-order valence-corrected chi connectivity index (χ2v) is 5.46. The Morgan fingerprint density at radius 1 is 1.17 bits per heavy atom. The Morgan fingerprint density at radius 2 is 1.67 bits per heavy atom. The van der Waals surface area contributed by atoms with E-state index >= 15 is 0 Å². The van der Waals surface area contributed by atoms with Gasteiger partial charge in [0.05, 0.1) is 0 Å². The topological polar surface area (TPSA) is 6.48 Å². The maximum Gasteiger partial charge on any atom is 0.0347 e. The summed E-state index contributed by atoms with van der Waals surface area (Å²) in [4.78, 5) is 2.57. The van der Waals surface area contributed by atoms with Crippen molar-refractivity contribution in [3.05, 3.63) is 0 Å². The van der Waals surface area contributed by atoms with Crippen LogP contribution in [0.25, 0.3) is 0 Å². The van der Waals surface area contributed by atoms with E-state index in [2.05, 4.69) is 42.8 Å². The van der Waals surface area contributed by atoms with Crippen molar-refractivity contribution >= 4 is 12.8 Å². The third-order valence-corrected chi connectivity index (χ3v) is 3.76. The molecule has 0 N–H and O–H groups in total. The Balaban J connectivity index is 1.99. The van der Waals surface area contributed by atoms with Gasteiger partial charge in [-0.15, -0.1) is 0 Å². The van der Waals surface area contributed by atoms with Crippen LogP contribution in [0, 0.1) is 0 Å². The SMILES string of the molecule is CC(C)(C)N1CC2CC(C1)N2S. The summed E-state index contributed by atoms with van der Waals surface area (Å²) in [5.41, 5.74) is 0.339. The quantitative estimate of drug-likeness (QED) is 0.571. The molecule has 70 valence electrons. The van der Waals surface area contributed by atoms with Crippen LogP contribution in [0.15, 0.2) is 0 Å². The maximum atomic E-state index is 4.45. The highest BCUT2D eigenvalue weighted by atomic mass is 32.1. The van der Waals surface area contributed by atoms with Gasteiger partial charge in [-0.05, 0) is 27.2 Å². The van der Waals surface area contributed by atoms with Gasteiger partial charge in [0.1, 0.15) is 0 Å². The van der Waals surface area contributed by atoms with Crippen molar-refractivity contribution in [1.29, 1.82) is 0 Å². The molecular formula is C9H18N2S. The molecule has 2 nitrogen and oxygen atoms in total. The average molecular weight is 186 g/mol. The molecule has 0 aliphatic carbocycles. The number of nitrogens with zero attached hydrogens (tertiary/aromatic N) is 2. The third kappa shape index (κ3) is 1.28. The van der Waals surface area contributed by atoms with Crippen molar-refractivity contribution in [3.8, 4) is 0 Å². The molecule has 0 spiro atoms. The minimum atomic E-state index is 0.339. The van der Waals surface area contributed by atoms with Crippen molar-refractivity contribution in [3.63, 3.8) is 0 Å². The monoisotopic (exact) mass is 186 g/mol. The predicted molar refractivity (Wildman–Crippen MR) is 54.3 cm³/mol. The smallest absolute Gasteiger partial charge is 0.0347 e. The zero-order valence-corrected chi connectivity index (χ0v) is 9.01. The summed E-state index contributed by atoms with van der Waals surface area (Å²) in [7, 11) is 0. The van der Waals surface area contributed by atoms with Gasteiger partial charge in [-0.25, -0.2) is 4.31 Å². The molecule has 0 saturated carbocycles. The first-order chi connectivity index (χ1) is 5.48. The zero-order valence-electron chi connectivity index (χ0n) is 8.12. The number of thiol groups is 1. The van der Waals surface area contributed by atoms with Gasteiger partial charge in [0, 0.05) is 30.7 Å². The highest BCUT2D eigenvalue weighted by Gasteiger charge is 2.45. The van der Waals surface area contributed by atoms with Gasteiger partial charge in [0.2, 0.25) is 0 Å². The fraction of sp³-hybridized carbons (Fsp3) is 1.00. The summed E-state index contributed by atoms with van der Waals surface area (Å²) in [6, 6.07) is 1.43. The van der Waals surface area contributed by atoms with Gasteiger partial charge >= 0.3 is 0 Å². The first-order valence-electron chi connectivity index (χ1n) is 4.71. The minimum Gasteiger partial charge on any atom is -0.295 e. The fourth-order valence-corrected chi connectivity index (χ4v) is 2.47. The van der Waals surface area contributed by atoms with Crippen LogP contribution in [0.4, 0.5) is 0 Å². The molecule has 12 heavy (non-hydrogen) atoms. The number of piperidine rings is 1. The molecule has 0 aromatic rings. The van der Waals surface area contributed by atoms with E-state index in [9.17, 15) is 0 Å². The van der Waals surface area contributed by atoms with Gasteiger partial charge in [0.25, 0.3) is 0 Å². The van der Waals surface area contributed by atoms with Gasteiger partial charge in [0.15, 0.2) is 0 Å². The van der Waals surface area contributed by atoms with Crippen LogP contribution < -0.4 is 0 Å². The van der Waals surface area contributed by atoms with E-state index in [1.54, 1.807) is 0 Å². The van der Waals surface area contributed by atoms with Crippen LogP contribution in [0.2, 0.25) is 0 Å². The van der Waals surface area contributed by atoms with E-state index in [1.807, 2.05) is 0 Å². The van der Waals surface area contributed by atoms with E-state index in [1.165, 1.54) is 19.5 Å². The Bertz CT molecular complexity index is 175. The highest BCUT2D eigenvalue weighted by Crippen LogP contribution is 2.36. The molecule has 3 aliphatic heterocycles. The lowest BCUT2D eigenvalue weighted by atomic mass is 9.88. The van der Waals surface area contributed by atoms with E-state index in [4.69, 9.17) is 0 Å². The third-order valence-electron chi connectivity index (χ3n) is 3.10. The van der Waals surface area contributed by atoms with Crippen molar-refractivity contribution in [1.82, 2.24) is 9.21 Å². The van der Waals surface area contributed by atoms with Crippen LogP contribution in [0.3, 0.4) is 0 Å². The zero-order chi connectivity index (χ0) is 8.93. The van der Waals surface area contributed by atoms with E-state index in [0.29, 0.717) is 17.6 Å². The van der Waals surface area contributed by atoms with Gasteiger partial charge < -0.3 is 0 Å². The molecule has 2 unspecified atom stereocenters. The van der Waals surface area contributed by atoms with Crippen LogP contribution in [-0.2, 0) is 0 Å². The van der Waals surface area contributed by atoms with Crippen molar-refractivity contribution in [2.24, 2.45) is 0 Å². The Kier molecular flexibility index (Phi) is 1.94. The second-order valence-electron chi connectivity index (χ2n) is 5.00. The Labute approximate surface area is 80.5 Å². The predicted octanol–water partition coefficient (Wildman–Crippen LogP) is 1.39. The number of fused-ring (bicyclic) bond motifs is 2. The molecule has 0 amide bonds. The molecule has 3 heterocycles. The normalized spacial score (nSPS) is 38.0. The van der Waals surface area contributed by atoms with E-state index < -0.39 is 0 Å². The van der Waals surface area contributed by atoms with Gasteiger partial charge in [-0.1, -0.05) is 12.8 Å². The average Bonchev–Trinajstić information content (AvgIpc) is 2.02. The van der Waals surface area contributed by atoms with Gasteiger partial charge in [-0.2, -0.15) is 0 Å². The molecule has 0 aromatic heterocycles. The van der Waals surface area contributed by atoms with Crippen LogP contribution in [0.5, 0.6) is 0 Å². The van der Waals surface area contributed by atoms with E-state index in [-0.39, 0.29) is 0 Å². The maximum absolute atomic E-state index is 4.45. The number of hydrogen-bond donors (Lipinski definition) is 1. The number of rotatable bonds is 0. The van der Waals surface area contributed by atoms with Crippen LogP contribution >= 0.6 is 12.8 Å². The summed E-state index contributed by atoms with van der Waals surface area (Å²) in [5.74, 6) is 0. The molecule has 2 atom stereocenters.